The first kappa shape index (κ1) is 19.2. The summed E-state index contributed by atoms with van der Waals surface area (Å²) >= 11 is 0. The highest BCUT2D eigenvalue weighted by atomic mass is 16.5. The minimum Gasteiger partial charge on any atom is -0.379 e. The number of hydrogen-bond donors (Lipinski definition) is 0. The lowest BCUT2D eigenvalue weighted by Gasteiger charge is -2.52. The molecule has 150 valence electrons. The minimum absolute atomic E-state index is 0.301. The predicted octanol–water partition coefficient (Wildman–Crippen LogP) is 4.74. The Balaban J connectivity index is 1.53. The largest absolute Gasteiger partial charge is 0.379 e. The topological polar surface area (TPSA) is 21.7 Å². The van der Waals surface area contributed by atoms with Gasteiger partial charge in [0.05, 0.1) is 12.2 Å². The monoisotopic (exact) mass is 363 g/mol. The molecule has 0 N–H and O–H groups in total. The van der Waals surface area contributed by atoms with E-state index in [1.54, 1.807) is 0 Å². The van der Waals surface area contributed by atoms with Crippen LogP contribution in [0.25, 0.3) is 0 Å². The third kappa shape index (κ3) is 3.49. The first-order chi connectivity index (χ1) is 12.6. The molecule has 4 fully saturated rings. The summed E-state index contributed by atoms with van der Waals surface area (Å²) in [4.78, 5) is 2.77. The molecular formula is C23H41NO2. The third-order valence-electron chi connectivity index (χ3n) is 8.97. The fourth-order valence-electron chi connectivity index (χ4n) is 7.43. The predicted molar refractivity (Wildman–Crippen MR) is 106 cm³/mol. The Hall–Kier alpha value is -0.120. The zero-order valence-corrected chi connectivity index (χ0v) is 17.5. The van der Waals surface area contributed by atoms with Crippen molar-refractivity contribution in [2.75, 3.05) is 21.3 Å². The first-order valence-corrected chi connectivity index (χ1v) is 11.4. The summed E-state index contributed by atoms with van der Waals surface area (Å²) in [6.07, 6.45) is 14.6. The van der Waals surface area contributed by atoms with E-state index in [1.807, 2.05) is 14.2 Å². The first-order valence-electron chi connectivity index (χ1n) is 11.4. The third-order valence-corrected chi connectivity index (χ3v) is 8.97. The van der Waals surface area contributed by atoms with Crippen molar-refractivity contribution in [3.05, 3.63) is 0 Å². The normalized spacial score (nSPS) is 50.1. The number of fused-ring (bicyclic) bond motifs is 2. The molecule has 3 nitrogen and oxygen atoms in total. The van der Waals surface area contributed by atoms with Gasteiger partial charge in [-0.25, -0.2) is 0 Å². The highest BCUT2D eigenvalue weighted by Gasteiger charge is 2.51. The molecule has 5 unspecified atom stereocenters. The minimum atomic E-state index is 0.301. The van der Waals surface area contributed by atoms with Crippen molar-refractivity contribution >= 4 is 0 Å². The molecule has 2 saturated heterocycles. The van der Waals surface area contributed by atoms with Crippen molar-refractivity contribution in [3.8, 4) is 0 Å². The van der Waals surface area contributed by atoms with Crippen LogP contribution in [0.5, 0.6) is 0 Å². The van der Waals surface area contributed by atoms with Gasteiger partial charge in [-0.2, -0.15) is 0 Å². The Kier molecular flexibility index (Phi) is 5.98. The highest BCUT2D eigenvalue weighted by molar-refractivity contribution is 5.04. The van der Waals surface area contributed by atoms with Crippen LogP contribution in [-0.2, 0) is 9.47 Å². The van der Waals surface area contributed by atoms with Crippen LogP contribution >= 0.6 is 0 Å². The molecule has 4 aliphatic rings. The fourth-order valence-corrected chi connectivity index (χ4v) is 7.43. The molecule has 7 atom stereocenters. The molecule has 0 aromatic carbocycles. The van der Waals surface area contributed by atoms with Gasteiger partial charge in [0.25, 0.3) is 0 Å². The summed E-state index contributed by atoms with van der Waals surface area (Å²) in [5.41, 5.74) is 0. The number of ether oxygens (including phenoxy) is 2. The number of methoxy groups -OCH3 is 2. The molecule has 0 amide bonds. The highest BCUT2D eigenvalue weighted by Crippen LogP contribution is 2.53. The second-order valence-electron chi connectivity index (χ2n) is 10.1. The SMILES string of the molecule is COC1CCC(C2C3CC[C@H](C[C@@H]2C2CCC(C)CC2)N3C)CC1OC. The molecular weight excluding hydrogens is 322 g/mol. The lowest BCUT2D eigenvalue weighted by atomic mass is 9.61. The van der Waals surface area contributed by atoms with E-state index in [0.717, 1.165) is 41.7 Å². The second-order valence-corrected chi connectivity index (χ2v) is 10.1. The maximum absolute atomic E-state index is 5.88. The van der Waals surface area contributed by atoms with Crippen molar-refractivity contribution in [2.24, 2.45) is 29.6 Å². The summed E-state index contributed by atoms with van der Waals surface area (Å²) in [5.74, 6) is 4.66. The Morgan fingerprint density at radius 1 is 0.731 bits per heavy atom. The Labute approximate surface area is 161 Å². The van der Waals surface area contributed by atoms with Crippen molar-refractivity contribution < 1.29 is 9.47 Å². The van der Waals surface area contributed by atoms with Gasteiger partial charge in [0, 0.05) is 26.3 Å². The van der Waals surface area contributed by atoms with Gasteiger partial charge in [-0.05, 0) is 88.0 Å². The van der Waals surface area contributed by atoms with Gasteiger partial charge in [0.2, 0.25) is 0 Å². The maximum atomic E-state index is 5.88. The van der Waals surface area contributed by atoms with Crippen LogP contribution in [0, 0.1) is 29.6 Å². The number of hydrogen-bond acceptors (Lipinski definition) is 3. The molecule has 2 saturated carbocycles. The molecule has 2 aliphatic carbocycles. The second kappa shape index (κ2) is 8.09. The molecule has 0 aromatic heterocycles. The van der Waals surface area contributed by atoms with Crippen LogP contribution in [0.4, 0.5) is 0 Å². The molecule has 0 spiro atoms. The van der Waals surface area contributed by atoms with E-state index >= 15 is 0 Å². The quantitative estimate of drug-likeness (QED) is 0.720. The van der Waals surface area contributed by atoms with Gasteiger partial charge in [-0.3, -0.25) is 0 Å². The van der Waals surface area contributed by atoms with Gasteiger partial charge in [0.1, 0.15) is 0 Å². The van der Waals surface area contributed by atoms with Crippen molar-refractivity contribution in [1.29, 1.82) is 0 Å². The number of piperidine rings is 1. The van der Waals surface area contributed by atoms with Crippen molar-refractivity contribution in [3.63, 3.8) is 0 Å². The van der Waals surface area contributed by atoms with E-state index in [4.69, 9.17) is 9.47 Å². The summed E-state index contributed by atoms with van der Waals surface area (Å²) in [6.45, 7) is 2.46. The van der Waals surface area contributed by atoms with Gasteiger partial charge >= 0.3 is 0 Å². The van der Waals surface area contributed by atoms with E-state index in [0.29, 0.717) is 12.2 Å². The summed E-state index contributed by atoms with van der Waals surface area (Å²) in [7, 11) is 6.17. The van der Waals surface area contributed by atoms with E-state index in [-0.39, 0.29) is 0 Å². The average Bonchev–Trinajstić information content (AvgIpc) is 2.90. The standard InChI is InChI=1S/C23H41NO2/c1-15-5-7-16(8-6-15)19-14-18-10-11-20(24(18)2)23(19)17-9-12-21(25-3)22(13-17)26-4/h15-23H,5-14H2,1-4H3/t15?,16?,17?,18-,19-,20?,21?,22?,23?/m1/s1. The van der Waals surface area contributed by atoms with Crippen LogP contribution in [-0.4, -0.2) is 50.5 Å². The zero-order valence-electron chi connectivity index (χ0n) is 17.5. The van der Waals surface area contributed by atoms with E-state index < -0.39 is 0 Å². The van der Waals surface area contributed by atoms with Gasteiger partial charge in [-0.1, -0.05) is 19.8 Å². The van der Waals surface area contributed by atoms with Crippen LogP contribution in [0.1, 0.15) is 71.1 Å². The molecule has 2 bridgehead atoms. The van der Waals surface area contributed by atoms with Crippen LogP contribution in [0.15, 0.2) is 0 Å². The summed E-state index contributed by atoms with van der Waals surface area (Å²) in [5, 5.41) is 0. The summed E-state index contributed by atoms with van der Waals surface area (Å²) < 4.78 is 11.6. The molecule has 2 aliphatic heterocycles. The van der Waals surface area contributed by atoms with Crippen molar-refractivity contribution in [2.45, 2.75) is 95.4 Å². The van der Waals surface area contributed by atoms with Crippen LogP contribution in [0.2, 0.25) is 0 Å². The van der Waals surface area contributed by atoms with E-state index in [9.17, 15) is 0 Å². The average molecular weight is 364 g/mol. The number of rotatable bonds is 4. The van der Waals surface area contributed by atoms with E-state index in [2.05, 4.69) is 18.9 Å². The lowest BCUT2D eigenvalue weighted by Crippen LogP contribution is -2.53. The Morgan fingerprint density at radius 3 is 2.12 bits per heavy atom. The van der Waals surface area contributed by atoms with Crippen molar-refractivity contribution in [1.82, 2.24) is 4.90 Å². The fraction of sp³-hybridized carbons (Fsp3) is 1.00. The molecule has 2 heterocycles. The lowest BCUT2D eigenvalue weighted by molar-refractivity contribution is -0.0968. The van der Waals surface area contributed by atoms with Gasteiger partial charge < -0.3 is 14.4 Å². The van der Waals surface area contributed by atoms with Crippen LogP contribution in [0.3, 0.4) is 0 Å². The summed E-state index contributed by atoms with van der Waals surface area (Å²) in [6, 6.07) is 1.70. The Bertz CT molecular complexity index is 461. The van der Waals surface area contributed by atoms with Crippen LogP contribution < -0.4 is 0 Å². The Morgan fingerprint density at radius 2 is 1.42 bits per heavy atom. The molecule has 0 aromatic rings. The molecule has 26 heavy (non-hydrogen) atoms. The van der Waals surface area contributed by atoms with Gasteiger partial charge in [-0.15, -0.1) is 0 Å². The maximum Gasteiger partial charge on any atom is 0.0835 e. The van der Waals surface area contributed by atoms with E-state index in [1.165, 1.54) is 64.2 Å². The molecule has 0 radical (unpaired) electrons. The molecule has 4 rings (SSSR count). The zero-order chi connectivity index (χ0) is 18.3. The smallest absolute Gasteiger partial charge is 0.0835 e. The molecule has 3 heteroatoms. The number of nitrogens with zero attached hydrogens (tertiary/aromatic N) is 1. The van der Waals surface area contributed by atoms with Gasteiger partial charge in [0.15, 0.2) is 0 Å².